The second-order valence-electron chi connectivity index (χ2n) is 3.15. The van der Waals surface area contributed by atoms with Crippen molar-refractivity contribution in [3.8, 4) is 0 Å². The van der Waals surface area contributed by atoms with E-state index >= 15 is 0 Å². The van der Waals surface area contributed by atoms with Crippen LogP contribution >= 0.6 is 7.88 Å². The van der Waals surface area contributed by atoms with Gasteiger partial charge >= 0.3 is 72.5 Å². The minimum absolute atomic E-state index is 0.997. The summed E-state index contributed by atoms with van der Waals surface area (Å²) in [4.78, 5) is 20.5. The average Bonchev–Trinajstić information content (AvgIpc) is 2.35. The van der Waals surface area contributed by atoms with Gasteiger partial charge in [0.05, 0.1) is 0 Å². The van der Waals surface area contributed by atoms with Crippen molar-refractivity contribution < 1.29 is 27.8 Å². The zero-order valence-corrected chi connectivity index (χ0v) is 8.01. The second kappa shape index (κ2) is 2.61. The third-order valence-corrected chi connectivity index (χ3v) is 5.61. The van der Waals surface area contributed by atoms with E-state index in [0.29, 0.717) is 0 Å². The van der Waals surface area contributed by atoms with Gasteiger partial charge in [0, 0.05) is 0 Å². The molecule has 0 aromatic rings. The van der Waals surface area contributed by atoms with Gasteiger partial charge in [0.2, 0.25) is 0 Å². The molecule has 2 unspecified atom stereocenters. The molecule has 1 saturated heterocycles. The maximum atomic E-state index is 12.9. The third-order valence-electron chi connectivity index (χ3n) is 2.43. The van der Waals surface area contributed by atoms with Crippen LogP contribution in [0, 0.1) is 0 Å². The fraction of sp³-hybridized carbons (Fsp3) is 0.667. The van der Waals surface area contributed by atoms with E-state index in [-0.39, 0.29) is 0 Å². The van der Waals surface area contributed by atoms with Crippen molar-refractivity contribution in [3.63, 3.8) is 0 Å². The topological polar surface area (TPSA) is 63.6 Å². The van der Waals surface area contributed by atoms with Crippen LogP contribution in [0.1, 0.15) is 13.8 Å². The summed E-state index contributed by atoms with van der Waals surface area (Å²) in [6.45, 7) is 2.33. The van der Waals surface area contributed by atoms with Crippen LogP contribution in [-0.2, 0) is 14.3 Å². The molecule has 0 saturated carbocycles. The first kappa shape index (κ1) is 10.3. The van der Waals surface area contributed by atoms with E-state index in [4.69, 9.17) is 5.11 Å². The summed E-state index contributed by atoms with van der Waals surface area (Å²) in [7, 11) is -4.53. The molecular formula is C6H9F2O4P. The van der Waals surface area contributed by atoms with Crippen LogP contribution in [0.5, 0.6) is 0 Å². The Labute approximate surface area is 73.4 Å². The predicted octanol–water partition coefficient (Wildman–Crippen LogP) is 1.25. The predicted molar refractivity (Wildman–Crippen MR) is 42.1 cm³/mol. The molecule has 1 rings (SSSR count). The van der Waals surface area contributed by atoms with Gasteiger partial charge in [-0.2, -0.15) is 0 Å². The Bertz CT molecular complexity index is 280. The molecule has 1 heterocycles. The molecule has 7 heteroatoms. The summed E-state index contributed by atoms with van der Waals surface area (Å²) in [5.74, 6) is -3.45. The van der Waals surface area contributed by atoms with Crippen LogP contribution in [0.15, 0.2) is 0 Å². The zero-order valence-electron chi connectivity index (χ0n) is 7.01. The van der Waals surface area contributed by atoms with Crippen LogP contribution in [0.25, 0.3) is 0 Å². The number of carbonyl (C=O) groups excluding carboxylic acids is 1. The van der Waals surface area contributed by atoms with Crippen molar-refractivity contribution in [3.05, 3.63) is 0 Å². The number of hydrogen-bond acceptors (Lipinski definition) is 3. The van der Waals surface area contributed by atoms with Gasteiger partial charge in [-0.1, -0.05) is 0 Å². The molecule has 4 nitrogen and oxygen atoms in total. The first-order valence-corrected chi connectivity index (χ1v) is 5.41. The first-order chi connectivity index (χ1) is 5.73. The Hall–Kier alpha value is -0.770. The quantitative estimate of drug-likeness (QED) is 0.405. The molecule has 0 amide bonds. The molecule has 0 aliphatic carbocycles. The summed E-state index contributed by atoms with van der Waals surface area (Å²) >= 11 is 0. The fourth-order valence-corrected chi connectivity index (χ4v) is 3.12. The number of carboxylic acid groups (broad SMARTS) is 1. The van der Waals surface area contributed by atoms with Gasteiger partial charge in [-0.15, -0.1) is 0 Å². The summed E-state index contributed by atoms with van der Waals surface area (Å²) in [6, 6.07) is 0. The van der Waals surface area contributed by atoms with Gasteiger partial charge in [0.1, 0.15) is 0 Å². The van der Waals surface area contributed by atoms with E-state index in [1.54, 1.807) is 0 Å². The molecule has 1 aliphatic heterocycles. The molecule has 1 fully saturated rings. The van der Waals surface area contributed by atoms with Crippen LogP contribution in [-0.4, -0.2) is 28.0 Å². The minimum atomic E-state index is -4.53. The molecule has 0 bridgehead atoms. The molecule has 76 valence electrons. The van der Waals surface area contributed by atoms with Gasteiger partial charge in [0.25, 0.3) is 0 Å². The summed E-state index contributed by atoms with van der Waals surface area (Å²) in [5, 5.41) is 6.31. The van der Waals surface area contributed by atoms with Crippen LogP contribution in [0.2, 0.25) is 0 Å². The maximum absolute atomic E-state index is 12.9. The number of carboxylic acids is 1. The Kier molecular flexibility index (Phi) is 2.07. The summed E-state index contributed by atoms with van der Waals surface area (Å²) in [5.41, 5.74) is -0.997. The van der Waals surface area contributed by atoms with Crippen LogP contribution < -0.4 is 0 Å². The van der Waals surface area contributed by atoms with Gasteiger partial charge in [-0.25, -0.2) is 0 Å². The fourth-order valence-electron chi connectivity index (χ4n) is 1.10. The van der Waals surface area contributed by atoms with Crippen molar-refractivity contribution in [1.29, 1.82) is 0 Å². The molecule has 0 spiro atoms. The molecular weight excluding hydrogens is 205 g/mol. The molecule has 2 atom stereocenters. The summed E-state index contributed by atoms with van der Waals surface area (Å²) < 4.78 is 29.9. The third kappa shape index (κ3) is 1.29. The number of rotatable bonds is 1. The summed E-state index contributed by atoms with van der Waals surface area (Å²) in [6.07, 6.45) is 0. The number of carbonyl (C=O) groups is 2. The Morgan fingerprint density at radius 3 is 2.15 bits per heavy atom. The Morgan fingerprint density at radius 1 is 1.54 bits per heavy atom. The zero-order chi connectivity index (χ0) is 10.4. The Balaban J connectivity index is 2.68. The SMILES string of the molecule is CC1C(C)(OC(=O)C(=O)O)[PH]1(F)F. The molecule has 0 aromatic carbocycles. The van der Waals surface area contributed by atoms with E-state index in [1.807, 2.05) is 0 Å². The monoisotopic (exact) mass is 214 g/mol. The van der Waals surface area contributed by atoms with Gasteiger partial charge in [-0.3, -0.25) is 0 Å². The molecule has 1 N–H and O–H groups in total. The van der Waals surface area contributed by atoms with Gasteiger partial charge < -0.3 is 0 Å². The van der Waals surface area contributed by atoms with E-state index in [1.165, 1.54) is 6.92 Å². The van der Waals surface area contributed by atoms with Crippen LogP contribution in [0.3, 0.4) is 0 Å². The van der Waals surface area contributed by atoms with E-state index in [0.717, 1.165) is 6.92 Å². The standard InChI is InChI=1S/C6H9F2O4P/c1-3-6(2,13(3,7)8)12-5(11)4(9)10/h3,13H,1-2H3,(H,9,10). The van der Waals surface area contributed by atoms with Crippen LogP contribution in [0.4, 0.5) is 8.39 Å². The first-order valence-electron chi connectivity index (χ1n) is 3.57. The average molecular weight is 214 g/mol. The van der Waals surface area contributed by atoms with E-state index in [9.17, 15) is 18.0 Å². The van der Waals surface area contributed by atoms with Crippen molar-refractivity contribution in [2.75, 3.05) is 0 Å². The van der Waals surface area contributed by atoms with Gasteiger partial charge in [0.15, 0.2) is 0 Å². The Morgan fingerprint density at radius 2 is 1.92 bits per heavy atom. The number of halogens is 2. The van der Waals surface area contributed by atoms with E-state index < -0.39 is 30.8 Å². The van der Waals surface area contributed by atoms with Crippen molar-refractivity contribution >= 4 is 19.8 Å². The second-order valence-corrected chi connectivity index (χ2v) is 6.25. The van der Waals surface area contributed by atoms with E-state index in [2.05, 4.69) is 4.74 Å². The number of hydrogen-bond donors (Lipinski definition) is 1. The van der Waals surface area contributed by atoms with Crippen molar-refractivity contribution in [2.45, 2.75) is 24.8 Å². The van der Waals surface area contributed by atoms with Crippen molar-refractivity contribution in [2.24, 2.45) is 0 Å². The van der Waals surface area contributed by atoms with Gasteiger partial charge in [-0.05, 0) is 0 Å². The normalized spacial score (nSPS) is 37.7. The number of ether oxygens (including phenoxy) is 1. The van der Waals surface area contributed by atoms with Crippen molar-refractivity contribution in [1.82, 2.24) is 0 Å². The number of esters is 1. The molecule has 0 radical (unpaired) electrons. The molecule has 13 heavy (non-hydrogen) atoms. The molecule has 0 aromatic heterocycles. The molecule has 1 aliphatic rings. The number of aliphatic carboxylic acids is 1.